The highest BCUT2D eigenvalue weighted by Gasteiger charge is 2.12. The lowest BCUT2D eigenvalue weighted by atomic mass is 10.1. The summed E-state index contributed by atoms with van der Waals surface area (Å²) >= 11 is 0. The standard InChI is InChI=1S/C11H28OSi2/c1-5-6-7-8-9-10-11-13-12-14(2,3)4/h5-11,13H2,1-4H3. The van der Waals surface area contributed by atoms with Gasteiger partial charge in [-0.15, -0.1) is 0 Å². The molecule has 0 rings (SSSR count). The third kappa shape index (κ3) is 12.4. The van der Waals surface area contributed by atoms with Crippen molar-refractivity contribution in [1.82, 2.24) is 0 Å². The smallest absolute Gasteiger partial charge is 0.169 e. The normalized spacial score (nSPS) is 12.9. The summed E-state index contributed by atoms with van der Waals surface area (Å²) in [6.07, 6.45) is 8.50. The van der Waals surface area contributed by atoms with Crippen molar-refractivity contribution in [3.63, 3.8) is 0 Å². The van der Waals surface area contributed by atoms with Gasteiger partial charge in [-0.2, -0.15) is 0 Å². The average molecular weight is 233 g/mol. The highest BCUT2D eigenvalue weighted by Crippen LogP contribution is 2.08. The quantitative estimate of drug-likeness (QED) is 0.435. The zero-order valence-electron chi connectivity index (χ0n) is 10.6. The minimum Gasteiger partial charge on any atom is -0.461 e. The van der Waals surface area contributed by atoms with Crippen LogP contribution in [0.2, 0.25) is 25.7 Å². The Bertz CT molecular complexity index is 121. The Hall–Kier alpha value is 0.394. The van der Waals surface area contributed by atoms with Crippen molar-refractivity contribution >= 4 is 18.1 Å². The van der Waals surface area contributed by atoms with E-state index in [1.807, 2.05) is 0 Å². The first-order valence-electron chi connectivity index (χ1n) is 6.20. The van der Waals surface area contributed by atoms with Crippen LogP contribution in [0, 0.1) is 0 Å². The molecule has 0 aliphatic carbocycles. The largest absolute Gasteiger partial charge is 0.461 e. The Morgan fingerprint density at radius 1 is 0.929 bits per heavy atom. The van der Waals surface area contributed by atoms with Crippen molar-refractivity contribution in [2.45, 2.75) is 71.1 Å². The monoisotopic (exact) mass is 232 g/mol. The van der Waals surface area contributed by atoms with Crippen LogP contribution in [0.5, 0.6) is 0 Å². The highest BCUT2D eigenvalue weighted by atomic mass is 28.4. The van der Waals surface area contributed by atoms with Crippen LogP contribution in [0.15, 0.2) is 0 Å². The van der Waals surface area contributed by atoms with E-state index in [-0.39, 0.29) is 9.76 Å². The van der Waals surface area contributed by atoms with Gasteiger partial charge >= 0.3 is 0 Å². The van der Waals surface area contributed by atoms with E-state index in [4.69, 9.17) is 4.12 Å². The van der Waals surface area contributed by atoms with Gasteiger partial charge in [-0.25, -0.2) is 0 Å². The van der Waals surface area contributed by atoms with Gasteiger partial charge in [0.05, 0.1) is 0 Å². The topological polar surface area (TPSA) is 9.23 Å². The van der Waals surface area contributed by atoms with E-state index in [9.17, 15) is 0 Å². The number of rotatable bonds is 9. The molecule has 0 bridgehead atoms. The SMILES string of the molecule is CCCCCCCC[SiH2]O[Si](C)(C)C. The maximum Gasteiger partial charge on any atom is 0.169 e. The van der Waals surface area contributed by atoms with E-state index >= 15 is 0 Å². The summed E-state index contributed by atoms with van der Waals surface area (Å²) in [6.45, 7) is 9.15. The molecule has 14 heavy (non-hydrogen) atoms. The molecule has 0 N–H and O–H groups in total. The van der Waals surface area contributed by atoms with Crippen LogP contribution in [0.25, 0.3) is 0 Å². The molecule has 0 atom stereocenters. The van der Waals surface area contributed by atoms with Crippen molar-refractivity contribution in [3.05, 3.63) is 0 Å². The Morgan fingerprint density at radius 3 is 2.07 bits per heavy atom. The van der Waals surface area contributed by atoms with Crippen molar-refractivity contribution in [1.29, 1.82) is 0 Å². The molecule has 0 saturated carbocycles. The lowest BCUT2D eigenvalue weighted by Gasteiger charge is -2.17. The molecule has 0 aromatic rings. The molecule has 0 radical (unpaired) electrons. The Kier molecular flexibility index (Phi) is 8.93. The summed E-state index contributed by atoms with van der Waals surface area (Å²) in [6, 6.07) is 1.40. The third-order valence-electron chi connectivity index (χ3n) is 2.28. The van der Waals surface area contributed by atoms with E-state index < -0.39 is 8.32 Å². The van der Waals surface area contributed by atoms with Gasteiger partial charge < -0.3 is 4.12 Å². The van der Waals surface area contributed by atoms with E-state index in [1.165, 1.54) is 44.6 Å². The van der Waals surface area contributed by atoms with E-state index in [2.05, 4.69) is 26.6 Å². The first-order chi connectivity index (χ1) is 6.56. The molecule has 0 unspecified atom stereocenters. The summed E-state index contributed by atoms with van der Waals surface area (Å²) in [5.74, 6) is 0. The number of hydrogen-bond acceptors (Lipinski definition) is 1. The van der Waals surface area contributed by atoms with Gasteiger partial charge in [0.1, 0.15) is 9.76 Å². The maximum atomic E-state index is 5.93. The van der Waals surface area contributed by atoms with Crippen LogP contribution in [0.1, 0.15) is 45.4 Å². The second kappa shape index (κ2) is 8.68. The van der Waals surface area contributed by atoms with E-state index in [1.54, 1.807) is 0 Å². The fourth-order valence-corrected chi connectivity index (χ4v) is 5.02. The van der Waals surface area contributed by atoms with Gasteiger partial charge in [-0.3, -0.25) is 0 Å². The van der Waals surface area contributed by atoms with Crippen LogP contribution in [0.3, 0.4) is 0 Å². The summed E-state index contributed by atoms with van der Waals surface area (Å²) in [5.41, 5.74) is 0. The number of unbranched alkanes of at least 4 members (excludes halogenated alkanes) is 5. The van der Waals surface area contributed by atoms with Crippen molar-refractivity contribution < 1.29 is 4.12 Å². The predicted molar refractivity (Wildman–Crippen MR) is 71.2 cm³/mol. The Labute approximate surface area is 93.7 Å². The van der Waals surface area contributed by atoms with Gasteiger partial charge in [0, 0.05) is 0 Å². The molecule has 0 aliphatic heterocycles. The molecule has 0 aliphatic rings. The van der Waals surface area contributed by atoms with Crippen LogP contribution >= 0.6 is 0 Å². The lowest BCUT2D eigenvalue weighted by Crippen LogP contribution is -2.27. The van der Waals surface area contributed by atoms with Crippen LogP contribution in [-0.2, 0) is 4.12 Å². The van der Waals surface area contributed by atoms with Crippen molar-refractivity contribution in [3.8, 4) is 0 Å². The zero-order chi connectivity index (χ0) is 10.9. The molecular formula is C11H28OSi2. The minimum atomic E-state index is -1.18. The Balaban J connectivity index is 2.99. The molecule has 0 spiro atoms. The van der Waals surface area contributed by atoms with Crippen LogP contribution < -0.4 is 0 Å². The Morgan fingerprint density at radius 2 is 1.50 bits per heavy atom. The molecule has 0 aromatic carbocycles. The fourth-order valence-electron chi connectivity index (χ4n) is 1.44. The molecule has 0 fully saturated rings. The molecule has 0 aromatic heterocycles. The third-order valence-corrected chi connectivity index (χ3v) is 7.35. The first-order valence-corrected chi connectivity index (χ1v) is 11.2. The maximum absolute atomic E-state index is 5.93. The number of hydrogen-bond donors (Lipinski definition) is 0. The van der Waals surface area contributed by atoms with Crippen LogP contribution in [-0.4, -0.2) is 18.1 Å². The predicted octanol–water partition coefficient (Wildman–Crippen LogP) is 3.70. The van der Waals surface area contributed by atoms with Gasteiger partial charge in [-0.05, 0) is 25.7 Å². The van der Waals surface area contributed by atoms with Gasteiger partial charge in [0.15, 0.2) is 8.32 Å². The molecular weight excluding hydrogens is 204 g/mol. The summed E-state index contributed by atoms with van der Waals surface area (Å²) < 4.78 is 5.93. The zero-order valence-corrected chi connectivity index (χ0v) is 13.0. The second-order valence-electron chi connectivity index (χ2n) is 5.08. The van der Waals surface area contributed by atoms with Crippen molar-refractivity contribution in [2.24, 2.45) is 0 Å². The highest BCUT2D eigenvalue weighted by molar-refractivity contribution is 6.73. The lowest BCUT2D eigenvalue weighted by molar-refractivity contribution is 0.578. The van der Waals surface area contributed by atoms with Gasteiger partial charge in [0.25, 0.3) is 0 Å². The average Bonchev–Trinajstić information content (AvgIpc) is 2.08. The summed E-state index contributed by atoms with van der Waals surface area (Å²) in [7, 11) is -1.35. The molecule has 1 nitrogen and oxygen atoms in total. The fraction of sp³-hybridized carbons (Fsp3) is 1.00. The molecule has 0 amide bonds. The summed E-state index contributed by atoms with van der Waals surface area (Å²) in [4.78, 5) is 0. The molecule has 86 valence electrons. The van der Waals surface area contributed by atoms with Crippen molar-refractivity contribution in [2.75, 3.05) is 0 Å². The van der Waals surface area contributed by atoms with E-state index in [0.717, 1.165) is 0 Å². The summed E-state index contributed by atoms with van der Waals surface area (Å²) in [5, 5.41) is 0. The molecule has 0 heterocycles. The first kappa shape index (κ1) is 14.4. The van der Waals surface area contributed by atoms with E-state index in [0.29, 0.717) is 0 Å². The minimum absolute atomic E-state index is 0.171. The second-order valence-corrected chi connectivity index (χ2v) is 11.6. The van der Waals surface area contributed by atoms with Gasteiger partial charge in [-0.1, -0.05) is 45.4 Å². The molecule has 0 saturated heterocycles. The van der Waals surface area contributed by atoms with Crippen LogP contribution in [0.4, 0.5) is 0 Å². The molecule has 3 heteroatoms. The van der Waals surface area contributed by atoms with Gasteiger partial charge in [0.2, 0.25) is 0 Å².